The number of nitrogens with zero attached hydrogens (tertiary/aromatic N) is 2. The summed E-state index contributed by atoms with van der Waals surface area (Å²) in [7, 11) is 1.64. The number of methoxy groups -OCH3 is 1. The molecule has 0 fully saturated rings. The number of aromatic nitrogens is 3. The van der Waals surface area contributed by atoms with E-state index in [1.54, 1.807) is 13.2 Å². The van der Waals surface area contributed by atoms with Crippen LogP contribution < -0.4 is 4.74 Å². The highest BCUT2D eigenvalue weighted by Gasteiger charge is 2.12. The zero-order valence-corrected chi connectivity index (χ0v) is 10.4. The Kier molecular flexibility index (Phi) is 2.64. The fourth-order valence-electron chi connectivity index (χ4n) is 1.93. The van der Waals surface area contributed by atoms with Crippen LogP contribution in [-0.2, 0) is 0 Å². The van der Waals surface area contributed by atoms with Crippen LogP contribution in [0, 0.1) is 0 Å². The molecule has 0 atom stereocenters. The second-order valence-electron chi connectivity index (χ2n) is 3.80. The molecule has 2 heterocycles. The Hall–Kier alpha value is -2.07. The quantitative estimate of drug-likeness (QED) is 0.719. The van der Waals surface area contributed by atoms with Gasteiger partial charge in [0.25, 0.3) is 0 Å². The fraction of sp³-hybridized carbons (Fsp3) is 0.0769. The van der Waals surface area contributed by atoms with Crippen LogP contribution in [0.1, 0.15) is 0 Å². The van der Waals surface area contributed by atoms with Crippen molar-refractivity contribution in [2.45, 2.75) is 0 Å². The molecule has 4 nitrogen and oxygen atoms in total. The van der Waals surface area contributed by atoms with Gasteiger partial charge < -0.3 is 4.74 Å². The molecule has 3 rings (SSSR count). The lowest BCUT2D eigenvalue weighted by Crippen LogP contribution is -1.87. The summed E-state index contributed by atoms with van der Waals surface area (Å²) in [6, 6.07) is 11.4. The van der Waals surface area contributed by atoms with E-state index in [2.05, 4.69) is 15.2 Å². The molecule has 0 radical (unpaired) electrons. The van der Waals surface area contributed by atoms with E-state index in [0.29, 0.717) is 10.8 Å². The summed E-state index contributed by atoms with van der Waals surface area (Å²) >= 11 is 5.85. The number of fused-ring (bicyclic) bond motifs is 1. The Bertz CT molecular complexity index is 708. The summed E-state index contributed by atoms with van der Waals surface area (Å²) in [6.45, 7) is 0. The molecule has 5 heteroatoms. The van der Waals surface area contributed by atoms with Gasteiger partial charge in [-0.15, -0.1) is 0 Å². The monoisotopic (exact) mass is 259 g/mol. The lowest BCUT2D eigenvalue weighted by Gasteiger charge is -2.05. The lowest BCUT2D eigenvalue weighted by molar-refractivity contribution is 0.416. The van der Waals surface area contributed by atoms with E-state index in [9.17, 15) is 0 Å². The molecule has 0 amide bonds. The van der Waals surface area contributed by atoms with Crippen LogP contribution in [0.2, 0.25) is 5.15 Å². The van der Waals surface area contributed by atoms with Crippen LogP contribution >= 0.6 is 11.6 Å². The maximum Gasteiger partial charge on any atom is 0.157 e. The van der Waals surface area contributed by atoms with E-state index < -0.39 is 0 Å². The molecule has 2 aromatic heterocycles. The number of rotatable bonds is 2. The number of aromatic amines is 1. The highest BCUT2D eigenvalue weighted by Crippen LogP contribution is 2.32. The third-order valence-electron chi connectivity index (χ3n) is 2.75. The first-order valence-corrected chi connectivity index (χ1v) is 5.81. The van der Waals surface area contributed by atoms with Gasteiger partial charge in [-0.3, -0.25) is 5.10 Å². The predicted octanol–water partition coefficient (Wildman–Crippen LogP) is 3.29. The highest BCUT2D eigenvalue weighted by molar-refractivity contribution is 6.29. The van der Waals surface area contributed by atoms with Gasteiger partial charge in [-0.1, -0.05) is 23.7 Å². The zero-order valence-electron chi connectivity index (χ0n) is 9.64. The number of nitrogens with one attached hydrogen (secondary N) is 1. The van der Waals surface area contributed by atoms with E-state index in [4.69, 9.17) is 16.3 Å². The Morgan fingerprint density at radius 3 is 2.83 bits per heavy atom. The van der Waals surface area contributed by atoms with Crippen molar-refractivity contribution in [3.63, 3.8) is 0 Å². The Morgan fingerprint density at radius 1 is 1.17 bits per heavy atom. The molecule has 18 heavy (non-hydrogen) atoms. The van der Waals surface area contributed by atoms with Crippen LogP contribution in [0.15, 0.2) is 36.4 Å². The van der Waals surface area contributed by atoms with Crippen LogP contribution in [0.25, 0.3) is 22.3 Å². The van der Waals surface area contributed by atoms with Gasteiger partial charge in [0, 0.05) is 10.9 Å². The van der Waals surface area contributed by atoms with E-state index in [0.717, 1.165) is 22.4 Å². The summed E-state index contributed by atoms with van der Waals surface area (Å²) in [5, 5.41) is 8.53. The number of benzene rings is 1. The van der Waals surface area contributed by atoms with Gasteiger partial charge in [0.1, 0.15) is 16.6 Å². The Labute approximate surface area is 109 Å². The fourth-order valence-corrected chi connectivity index (χ4v) is 2.07. The third-order valence-corrected chi connectivity index (χ3v) is 2.96. The highest BCUT2D eigenvalue weighted by atomic mass is 35.5. The average Bonchev–Trinajstić information content (AvgIpc) is 2.81. The molecule has 0 saturated heterocycles. The van der Waals surface area contributed by atoms with Gasteiger partial charge >= 0.3 is 0 Å². The molecule has 1 N–H and O–H groups in total. The van der Waals surface area contributed by atoms with Gasteiger partial charge in [0.05, 0.1) is 7.11 Å². The smallest absolute Gasteiger partial charge is 0.157 e. The number of para-hydroxylation sites is 1. The van der Waals surface area contributed by atoms with Crippen LogP contribution in [-0.4, -0.2) is 22.3 Å². The predicted molar refractivity (Wildman–Crippen MR) is 70.9 cm³/mol. The van der Waals surface area contributed by atoms with Crippen molar-refractivity contribution in [2.75, 3.05) is 7.11 Å². The Balaban J connectivity index is 2.26. The number of hydrogen-bond acceptors (Lipinski definition) is 3. The van der Waals surface area contributed by atoms with Crippen molar-refractivity contribution in [3.05, 3.63) is 41.6 Å². The first-order valence-electron chi connectivity index (χ1n) is 5.43. The number of ether oxygens (including phenoxy) is 1. The van der Waals surface area contributed by atoms with Gasteiger partial charge in [-0.05, 0) is 24.3 Å². The molecule has 0 saturated carbocycles. The second kappa shape index (κ2) is 4.31. The second-order valence-corrected chi connectivity index (χ2v) is 4.19. The molecular weight excluding hydrogens is 250 g/mol. The molecule has 0 unspecified atom stereocenters. The van der Waals surface area contributed by atoms with Gasteiger partial charge in [-0.2, -0.15) is 5.10 Å². The summed E-state index contributed by atoms with van der Waals surface area (Å²) < 4.78 is 5.34. The molecular formula is C13H10ClN3O. The van der Waals surface area contributed by atoms with Crippen LogP contribution in [0.4, 0.5) is 0 Å². The lowest BCUT2D eigenvalue weighted by atomic mass is 10.1. The van der Waals surface area contributed by atoms with Gasteiger partial charge in [-0.25, -0.2) is 4.98 Å². The largest absolute Gasteiger partial charge is 0.496 e. The molecule has 90 valence electrons. The van der Waals surface area contributed by atoms with Crippen molar-refractivity contribution < 1.29 is 4.74 Å². The van der Waals surface area contributed by atoms with Crippen molar-refractivity contribution in [2.24, 2.45) is 0 Å². The van der Waals surface area contributed by atoms with E-state index in [1.807, 2.05) is 30.3 Å². The van der Waals surface area contributed by atoms with Gasteiger partial charge in [0.15, 0.2) is 5.65 Å². The normalized spacial score (nSPS) is 10.8. The molecule has 1 aromatic carbocycles. The minimum Gasteiger partial charge on any atom is -0.496 e. The van der Waals surface area contributed by atoms with Crippen LogP contribution in [0.5, 0.6) is 5.75 Å². The first kappa shape index (κ1) is 11.0. The third kappa shape index (κ3) is 1.71. The molecule has 0 aliphatic rings. The summed E-state index contributed by atoms with van der Waals surface area (Å²) in [5.41, 5.74) is 2.41. The standard InChI is InChI=1S/C13H10ClN3O/c1-18-10-5-3-2-4-8(10)12-9-6-7-11(14)15-13(9)17-16-12/h2-7H,1H3,(H,15,16,17). The summed E-state index contributed by atoms with van der Waals surface area (Å²) in [4.78, 5) is 4.18. The van der Waals surface area contributed by atoms with Crippen molar-refractivity contribution in [3.8, 4) is 17.0 Å². The van der Waals surface area contributed by atoms with Crippen molar-refractivity contribution in [1.29, 1.82) is 0 Å². The number of hydrogen-bond donors (Lipinski definition) is 1. The number of pyridine rings is 1. The van der Waals surface area contributed by atoms with Crippen molar-refractivity contribution >= 4 is 22.6 Å². The number of halogens is 1. The Morgan fingerprint density at radius 2 is 2.00 bits per heavy atom. The minimum atomic E-state index is 0.442. The molecule has 0 bridgehead atoms. The average molecular weight is 260 g/mol. The first-order chi connectivity index (χ1) is 8.79. The minimum absolute atomic E-state index is 0.442. The summed E-state index contributed by atoms with van der Waals surface area (Å²) in [5.74, 6) is 0.779. The van der Waals surface area contributed by atoms with E-state index in [1.165, 1.54) is 0 Å². The molecule has 0 aliphatic heterocycles. The number of H-pyrrole nitrogens is 1. The molecule has 0 aliphatic carbocycles. The van der Waals surface area contributed by atoms with E-state index >= 15 is 0 Å². The molecule has 0 spiro atoms. The van der Waals surface area contributed by atoms with E-state index in [-0.39, 0.29) is 0 Å². The maximum atomic E-state index is 5.85. The maximum absolute atomic E-state index is 5.85. The van der Waals surface area contributed by atoms with Crippen molar-refractivity contribution in [1.82, 2.24) is 15.2 Å². The van der Waals surface area contributed by atoms with Gasteiger partial charge in [0.2, 0.25) is 0 Å². The zero-order chi connectivity index (χ0) is 12.5. The topological polar surface area (TPSA) is 50.8 Å². The van der Waals surface area contributed by atoms with Crippen LogP contribution in [0.3, 0.4) is 0 Å². The summed E-state index contributed by atoms with van der Waals surface area (Å²) in [6.07, 6.45) is 0. The SMILES string of the molecule is COc1ccccc1-c1n[nH]c2nc(Cl)ccc12. The molecule has 3 aromatic rings.